The molecule has 13 heteroatoms. The van der Waals surface area contributed by atoms with Crippen molar-refractivity contribution in [2.24, 2.45) is 5.41 Å². The van der Waals surface area contributed by atoms with Gasteiger partial charge in [0, 0.05) is 74.8 Å². The van der Waals surface area contributed by atoms with Crippen LogP contribution in [-0.2, 0) is 4.74 Å². The maximum atomic E-state index is 9.69. The van der Waals surface area contributed by atoms with Crippen molar-refractivity contribution in [3.05, 3.63) is 15.5 Å². The predicted molar refractivity (Wildman–Crippen MR) is 154 cm³/mol. The standard InChI is InChI=1S/C27H36ClN9O2S/c28-22-21(20(11-29)23(30)40-22)17-3-6-36(12-17)24-32-25(37-13-18-1-2-19(14-37)31-18)34-26(33-24)39-16-27(4-5-27)15-35-7-9-38-10-8-35/h17-19,31H,1-10,12-16,30H2/t17?,18-,19+. The van der Waals surface area contributed by atoms with Crippen LogP contribution in [0, 0.1) is 16.7 Å². The number of nitrogens with two attached hydrogens (primary N) is 1. The molecule has 3 N–H and O–H groups in total. The molecule has 5 aliphatic rings. The van der Waals surface area contributed by atoms with Crippen molar-refractivity contribution in [2.75, 3.05) is 81.2 Å². The van der Waals surface area contributed by atoms with E-state index in [1.54, 1.807) is 0 Å². The second-order valence-corrected chi connectivity index (χ2v) is 13.7. The van der Waals surface area contributed by atoms with E-state index < -0.39 is 0 Å². The first-order valence-electron chi connectivity index (χ1n) is 14.4. The summed E-state index contributed by atoms with van der Waals surface area (Å²) in [6.45, 7) is 8.42. The molecule has 4 aliphatic heterocycles. The van der Waals surface area contributed by atoms with Crippen LogP contribution in [0.25, 0.3) is 0 Å². The molecule has 214 valence electrons. The van der Waals surface area contributed by atoms with E-state index in [1.165, 1.54) is 24.2 Å². The van der Waals surface area contributed by atoms with E-state index in [9.17, 15) is 5.26 Å². The summed E-state index contributed by atoms with van der Waals surface area (Å²) in [5, 5.41) is 13.9. The van der Waals surface area contributed by atoms with E-state index in [0.717, 1.165) is 77.3 Å². The Kier molecular flexibility index (Phi) is 7.12. The number of nitrogen functional groups attached to an aromatic ring is 1. The number of ether oxygens (including phenoxy) is 2. The SMILES string of the molecule is N#Cc1c(N)sc(Cl)c1C1CCN(c2nc(OCC3(CN4CCOCC4)CC3)nc(N3C[C@H]4CC[C@@H](C3)N4)n2)C1. The van der Waals surface area contributed by atoms with Crippen LogP contribution in [0.15, 0.2) is 0 Å². The van der Waals surface area contributed by atoms with Gasteiger partial charge < -0.3 is 30.3 Å². The number of piperazine rings is 1. The Morgan fingerprint density at radius 2 is 1.77 bits per heavy atom. The van der Waals surface area contributed by atoms with E-state index in [4.69, 9.17) is 41.8 Å². The van der Waals surface area contributed by atoms with Crippen molar-refractivity contribution in [1.82, 2.24) is 25.2 Å². The fourth-order valence-corrected chi connectivity index (χ4v) is 8.04. The van der Waals surface area contributed by atoms with Crippen LogP contribution in [0.2, 0.25) is 4.34 Å². The number of hydrogen-bond acceptors (Lipinski definition) is 12. The lowest BCUT2D eigenvalue weighted by Gasteiger charge is -2.33. The van der Waals surface area contributed by atoms with Crippen molar-refractivity contribution < 1.29 is 9.47 Å². The molecule has 0 aromatic carbocycles. The van der Waals surface area contributed by atoms with Crippen molar-refractivity contribution >= 4 is 39.8 Å². The summed E-state index contributed by atoms with van der Waals surface area (Å²) in [6.07, 6.45) is 5.55. The third-order valence-corrected chi connectivity index (χ3v) is 10.4. The fourth-order valence-electron chi connectivity index (χ4n) is 6.71. The first kappa shape index (κ1) is 26.5. The Morgan fingerprint density at radius 3 is 2.48 bits per heavy atom. The average Bonchev–Trinajstić information content (AvgIpc) is 3.25. The maximum absolute atomic E-state index is 9.69. The lowest BCUT2D eigenvalue weighted by molar-refractivity contribution is 0.0231. The number of nitrogens with one attached hydrogen (secondary N) is 1. The smallest absolute Gasteiger partial charge is 0.323 e. The number of aromatic nitrogens is 3. The number of anilines is 3. The highest BCUT2D eigenvalue weighted by Crippen LogP contribution is 2.47. The minimum Gasteiger partial charge on any atom is -0.463 e. The molecule has 7 rings (SSSR count). The number of fused-ring (bicyclic) bond motifs is 2. The molecule has 2 aromatic heterocycles. The molecule has 3 atom stereocenters. The Labute approximate surface area is 243 Å². The van der Waals surface area contributed by atoms with Gasteiger partial charge in [-0.25, -0.2) is 0 Å². The second kappa shape index (κ2) is 10.8. The molecule has 11 nitrogen and oxygen atoms in total. The van der Waals surface area contributed by atoms with Gasteiger partial charge in [-0.1, -0.05) is 11.6 Å². The lowest BCUT2D eigenvalue weighted by Crippen LogP contribution is -2.51. The zero-order valence-electron chi connectivity index (χ0n) is 22.6. The fraction of sp³-hybridized carbons (Fsp3) is 0.704. The van der Waals surface area contributed by atoms with Crippen molar-refractivity contribution in [2.45, 2.75) is 50.1 Å². The first-order chi connectivity index (χ1) is 19.5. The maximum Gasteiger partial charge on any atom is 0.323 e. The summed E-state index contributed by atoms with van der Waals surface area (Å²) in [7, 11) is 0. The molecule has 5 fully saturated rings. The monoisotopic (exact) mass is 585 g/mol. The Balaban J connectivity index is 1.11. The lowest BCUT2D eigenvalue weighted by atomic mass is 9.97. The number of nitrogens with zero attached hydrogens (tertiary/aromatic N) is 7. The largest absolute Gasteiger partial charge is 0.463 e. The van der Waals surface area contributed by atoms with Crippen LogP contribution in [-0.4, -0.2) is 97.6 Å². The minimum atomic E-state index is 0.0959. The molecular formula is C27H36ClN9O2S. The van der Waals surface area contributed by atoms with Gasteiger partial charge in [0.15, 0.2) is 0 Å². The number of rotatable bonds is 8. The molecule has 1 aliphatic carbocycles. The van der Waals surface area contributed by atoms with E-state index in [2.05, 4.69) is 26.1 Å². The van der Waals surface area contributed by atoms with Gasteiger partial charge in [0.1, 0.15) is 11.1 Å². The van der Waals surface area contributed by atoms with Gasteiger partial charge in [0.25, 0.3) is 0 Å². The molecule has 0 spiro atoms. The summed E-state index contributed by atoms with van der Waals surface area (Å²) < 4.78 is 12.5. The molecule has 1 saturated carbocycles. The molecule has 6 heterocycles. The van der Waals surface area contributed by atoms with Crippen LogP contribution in [0.5, 0.6) is 6.01 Å². The summed E-state index contributed by atoms with van der Waals surface area (Å²) in [4.78, 5) is 21.6. The molecule has 2 bridgehead atoms. The molecule has 2 aromatic rings. The molecule has 40 heavy (non-hydrogen) atoms. The first-order valence-corrected chi connectivity index (χ1v) is 15.6. The van der Waals surface area contributed by atoms with Crippen molar-refractivity contribution in [3.63, 3.8) is 0 Å². The zero-order chi connectivity index (χ0) is 27.3. The van der Waals surface area contributed by atoms with Gasteiger partial charge in [0.2, 0.25) is 11.9 Å². The van der Waals surface area contributed by atoms with Gasteiger partial charge >= 0.3 is 6.01 Å². The number of thiophene rings is 1. The number of nitriles is 1. The van der Waals surface area contributed by atoms with E-state index >= 15 is 0 Å². The highest BCUT2D eigenvalue weighted by Gasteiger charge is 2.45. The molecule has 1 unspecified atom stereocenters. The second-order valence-electron chi connectivity index (χ2n) is 12.0. The van der Waals surface area contributed by atoms with Crippen LogP contribution in [0.4, 0.5) is 16.9 Å². The summed E-state index contributed by atoms with van der Waals surface area (Å²) in [5.74, 6) is 1.42. The van der Waals surface area contributed by atoms with E-state index in [0.29, 0.717) is 58.0 Å². The highest BCUT2D eigenvalue weighted by molar-refractivity contribution is 7.20. The molecular weight excluding hydrogens is 550 g/mol. The normalized spacial score (nSPS) is 27.6. The molecule has 0 amide bonds. The van der Waals surface area contributed by atoms with Gasteiger partial charge in [-0.05, 0) is 32.1 Å². The van der Waals surface area contributed by atoms with Gasteiger partial charge in [-0.15, -0.1) is 11.3 Å². The van der Waals surface area contributed by atoms with Gasteiger partial charge in [-0.2, -0.15) is 20.2 Å². The zero-order valence-corrected chi connectivity index (χ0v) is 24.2. The number of halogens is 1. The van der Waals surface area contributed by atoms with Crippen molar-refractivity contribution in [3.8, 4) is 12.1 Å². The quantitative estimate of drug-likeness (QED) is 0.474. The Morgan fingerprint density at radius 1 is 1.05 bits per heavy atom. The van der Waals surface area contributed by atoms with Crippen LogP contribution >= 0.6 is 22.9 Å². The van der Waals surface area contributed by atoms with E-state index in [-0.39, 0.29) is 11.3 Å². The number of morpholine rings is 1. The molecule has 4 saturated heterocycles. The summed E-state index contributed by atoms with van der Waals surface area (Å²) in [6, 6.07) is 3.60. The Hall–Kier alpha value is -2.43. The highest BCUT2D eigenvalue weighted by atomic mass is 35.5. The summed E-state index contributed by atoms with van der Waals surface area (Å²) in [5.41, 5.74) is 7.61. The van der Waals surface area contributed by atoms with Gasteiger partial charge in [-0.3, -0.25) is 4.90 Å². The number of hydrogen-bond donors (Lipinski definition) is 2. The predicted octanol–water partition coefficient (Wildman–Crippen LogP) is 2.47. The third-order valence-electron chi connectivity index (χ3n) is 9.14. The molecule has 0 radical (unpaired) electrons. The minimum absolute atomic E-state index is 0.0959. The van der Waals surface area contributed by atoms with E-state index in [1.807, 2.05) is 0 Å². The van der Waals surface area contributed by atoms with Crippen LogP contribution in [0.3, 0.4) is 0 Å². The van der Waals surface area contributed by atoms with Crippen molar-refractivity contribution in [1.29, 1.82) is 5.26 Å². The average molecular weight is 586 g/mol. The third kappa shape index (κ3) is 5.30. The van der Waals surface area contributed by atoms with Gasteiger partial charge in [0.05, 0.1) is 29.7 Å². The topological polar surface area (TPSA) is 129 Å². The van der Waals surface area contributed by atoms with Crippen LogP contribution < -0.4 is 25.6 Å². The Bertz CT molecular complexity index is 1280. The van der Waals surface area contributed by atoms with Crippen LogP contribution in [0.1, 0.15) is 49.1 Å². The summed E-state index contributed by atoms with van der Waals surface area (Å²) >= 11 is 7.81.